The van der Waals surface area contributed by atoms with E-state index in [1.165, 1.54) is 0 Å². The Balaban J connectivity index is 0.00000220. The molecule has 2 rings (SSSR count). The lowest BCUT2D eigenvalue weighted by Gasteiger charge is -2.19. The standard InChI is InChI=1S/C15H19ClN4.ClH/c1-3-20(4-2)15-18-13(10-17)9-14(19-15)11-5-7-12(16)8-6-11;/h5-9H,3-4,10,17H2,1-2H3;1H. The van der Waals surface area contributed by atoms with E-state index in [1.54, 1.807) is 0 Å². The van der Waals surface area contributed by atoms with Crippen LogP contribution in [0.25, 0.3) is 11.3 Å². The van der Waals surface area contributed by atoms with Crippen LogP contribution in [0.1, 0.15) is 19.5 Å². The minimum absolute atomic E-state index is 0. The fraction of sp³-hybridized carbons (Fsp3) is 0.333. The van der Waals surface area contributed by atoms with Gasteiger partial charge >= 0.3 is 0 Å². The lowest BCUT2D eigenvalue weighted by Crippen LogP contribution is -2.25. The maximum atomic E-state index is 5.92. The largest absolute Gasteiger partial charge is 0.341 e. The molecule has 0 spiro atoms. The third-order valence-corrected chi connectivity index (χ3v) is 3.41. The molecule has 1 aromatic heterocycles. The second kappa shape index (κ2) is 8.17. The molecule has 1 aromatic carbocycles. The van der Waals surface area contributed by atoms with Gasteiger partial charge in [0.05, 0.1) is 11.4 Å². The average molecular weight is 327 g/mol. The van der Waals surface area contributed by atoms with Crippen molar-refractivity contribution in [2.24, 2.45) is 5.73 Å². The minimum Gasteiger partial charge on any atom is -0.341 e. The topological polar surface area (TPSA) is 55.0 Å². The normalized spacial score (nSPS) is 10.1. The van der Waals surface area contributed by atoms with E-state index in [0.29, 0.717) is 11.6 Å². The van der Waals surface area contributed by atoms with E-state index >= 15 is 0 Å². The fourth-order valence-corrected chi connectivity index (χ4v) is 2.13. The van der Waals surface area contributed by atoms with Gasteiger partial charge in [-0.3, -0.25) is 0 Å². The van der Waals surface area contributed by atoms with Crippen molar-refractivity contribution in [2.75, 3.05) is 18.0 Å². The molecule has 21 heavy (non-hydrogen) atoms. The van der Waals surface area contributed by atoms with E-state index in [9.17, 15) is 0 Å². The highest BCUT2D eigenvalue weighted by Gasteiger charge is 2.10. The first kappa shape index (κ1) is 17.7. The highest BCUT2D eigenvalue weighted by atomic mass is 35.5. The number of hydrogen-bond donors (Lipinski definition) is 1. The number of nitrogens with two attached hydrogens (primary N) is 1. The minimum atomic E-state index is 0. The molecule has 0 atom stereocenters. The average Bonchev–Trinajstić information content (AvgIpc) is 2.49. The maximum Gasteiger partial charge on any atom is 0.226 e. The summed E-state index contributed by atoms with van der Waals surface area (Å²) in [6, 6.07) is 9.56. The van der Waals surface area contributed by atoms with Crippen molar-refractivity contribution in [3.8, 4) is 11.3 Å². The number of nitrogens with zero attached hydrogens (tertiary/aromatic N) is 3. The summed E-state index contributed by atoms with van der Waals surface area (Å²) in [4.78, 5) is 11.2. The van der Waals surface area contributed by atoms with Gasteiger partial charge in [-0.1, -0.05) is 23.7 Å². The molecule has 6 heteroatoms. The summed E-state index contributed by atoms with van der Waals surface area (Å²) in [6.45, 7) is 6.31. The van der Waals surface area contributed by atoms with Crippen LogP contribution in [-0.2, 0) is 6.54 Å². The summed E-state index contributed by atoms with van der Waals surface area (Å²) >= 11 is 5.92. The maximum absolute atomic E-state index is 5.92. The van der Waals surface area contributed by atoms with Crippen LogP contribution < -0.4 is 10.6 Å². The number of benzene rings is 1. The molecule has 1 heterocycles. The predicted octanol–water partition coefficient (Wildman–Crippen LogP) is 3.52. The van der Waals surface area contributed by atoms with Crippen LogP contribution in [0.5, 0.6) is 0 Å². The van der Waals surface area contributed by atoms with Gasteiger partial charge in [-0.2, -0.15) is 0 Å². The van der Waals surface area contributed by atoms with E-state index in [4.69, 9.17) is 17.3 Å². The molecular weight excluding hydrogens is 307 g/mol. The van der Waals surface area contributed by atoms with Crippen molar-refractivity contribution >= 4 is 30.0 Å². The second-order valence-electron chi connectivity index (χ2n) is 4.43. The van der Waals surface area contributed by atoms with Crippen LogP contribution in [0.3, 0.4) is 0 Å². The molecule has 0 aliphatic carbocycles. The van der Waals surface area contributed by atoms with Gasteiger partial charge in [0.25, 0.3) is 0 Å². The first-order chi connectivity index (χ1) is 9.67. The smallest absolute Gasteiger partial charge is 0.226 e. The Bertz CT molecular complexity index is 568. The second-order valence-corrected chi connectivity index (χ2v) is 4.86. The summed E-state index contributed by atoms with van der Waals surface area (Å²) in [6.07, 6.45) is 0. The van der Waals surface area contributed by atoms with Gasteiger partial charge in [0.15, 0.2) is 0 Å². The Morgan fingerprint density at radius 2 is 1.71 bits per heavy atom. The third-order valence-electron chi connectivity index (χ3n) is 3.16. The lowest BCUT2D eigenvalue weighted by molar-refractivity contribution is 0.809. The molecule has 0 amide bonds. The number of aromatic nitrogens is 2. The van der Waals surface area contributed by atoms with Crippen molar-refractivity contribution in [1.82, 2.24) is 9.97 Å². The SMILES string of the molecule is CCN(CC)c1nc(CN)cc(-c2ccc(Cl)cc2)n1.Cl. The third kappa shape index (κ3) is 4.30. The Morgan fingerprint density at radius 3 is 2.24 bits per heavy atom. The first-order valence-electron chi connectivity index (χ1n) is 6.76. The zero-order valence-electron chi connectivity index (χ0n) is 12.2. The molecule has 2 N–H and O–H groups in total. The Kier molecular flexibility index (Phi) is 6.89. The first-order valence-corrected chi connectivity index (χ1v) is 7.14. The van der Waals surface area contributed by atoms with Gasteiger partial charge in [-0.25, -0.2) is 9.97 Å². The molecule has 0 aliphatic heterocycles. The van der Waals surface area contributed by atoms with E-state index in [1.807, 2.05) is 30.3 Å². The number of rotatable bonds is 5. The molecule has 0 fully saturated rings. The zero-order chi connectivity index (χ0) is 14.5. The van der Waals surface area contributed by atoms with Crippen LogP contribution in [0.4, 0.5) is 5.95 Å². The number of halogens is 2. The van der Waals surface area contributed by atoms with Gasteiger partial charge in [0.1, 0.15) is 0 Å². The summed E-state index contributed by atoms with van der Waals surface area (Å²) in [5, 5.41) is 0.714. The molecular formula is C15H20Cl2N4. The molecule has 0 saturated heterocycles. The molecule has 4 nitrogen and oxygen atoms in total. The summed E-state index contributed by atoms with van der Waals surface area (Å²) in [5.74, 6) is 0.725. The lowest BCUT2D eigenvalue weighted by atomic mass is 10.1. The van der Waals surface area contributed by atoms with Crippen molar-refractivity contribution in [2.45, 2.75) is 20.4 Å². The van der Waals surface area contributed by atoms with Crippen molar-refractivity contribution in [1.29, 1.82) is 0 Å². The highest BCUT2D eigenvalue weighted by Crippen LogP contribution is 2.22. The van der Waals surface area contributed by atoms with Gasteiger partial charge in [0.2, 0.25) is 5.95 Å². The summed E-state index contributed by atoms with van der Waals surface area (Å²) in [5.41, 5.74) is 8.47. The zero-order valence-corrected chi connectivity index (χ0v) is 13.8. The van der Waals surface area contributed by atoms with Gasteiger partial charge < -0.3 is 10.6 Å². The quantitative estimate of drug-likeness (QED) is 0.913. The Hall–Kier alpha value is -1.36. The molecule has 0 saturated carbocycles. The predicted molar refractivity (Wildman–Crippen MR) is 91.2 cm³/mol. The summed E-state index contributed by atoms with van der Waals surface area (Å²) in [7, 11) is 0. The Labute approximate surface area is 136 Å². The van der Waals surface area contributed by atoms with E-state index < -0.39 is 0 Å². The van der Waals surface area contributed by atoms with Crippen molar-refractivity contribution in [3.05, 3.63) is 41.0 Å². The molecule has 114 valence electrons. The fourth-order valence-electron chi connectivity index (χ4n) is 2.00. The van der Waals surface area contributed by atoms with Crippen LogP contribution >= 0.6 is 24.0 Å². The summed E-state index contributed by atoms with van der Waals surface area (Å²) < 4.78 is 0. The molecule has 0 aliphatic rings. The van der Waals surface area contributed by atoms with Crippen LogP contribution in [-0.4, -0.2) is 23.1 Å². The van der Waals surface area contributed by atoms with E-state index in [-0.39, 0.29) is 12.4 Å². The van der Waals surface area contributed by atoms with Crippen molar-refractivity contribution < 1.29 is 0 Å². The van der Waals surface area contributed by atoms with Gasteiger partial charge in [-0.15, -0.1) is 12.4 Å². The van der Waals surface area contributed by atoms with Crippen molar-refractivity contribution in [3.63, 3.8) is 0 Å². The molecule has 0 unspecified atom stereocenters. The van der Waals surface area contributed by atoms with Gasteiger partial charge in [-0.05, 0) is 32.0 Å². The number of hydrogen-bond acceptors (Lipinski definition) is 4. The van der Waals surface area contributed by atoms with E-state index in [0.717, 1.165) is 36.0 Å². The highest BCUT2D eigenvalue weighted by molar-refractivity contribution is 6.30. The molecule has 0 bridgehead atoms. The van der Waals surface area contributed by atoms with Crippen LogP contribution in [0, 0.1) is 0 Å². The van der Waals surface area contributed by atoms with Crippen LogP contribution in [0.2, 0.25) is 5.02 Å². The molecule has 0 radical (unpaired) electrons. The van der Waals surface area contributed by atoms with Gasteiger partial charge in [0, 0.05) is 30.2 Å². The van der Waals surface area contributed by atoms with Crippen LogP contribution in [0.15, 0.2) is 30.3 Å². The van der Waals surface area contributed by atoms with E-state index in [2.05, 4.69) is 28.7 Å². The Morgan fingerprint density at radius 1 is 1.10 bits per heavy atom. The monoisotopic (exact) mass is 326 g/mol. The number of anilines is 1. The molecule has 2 aromatic rings.